The Kier molecular flexibility index (Phi) is 6.56. The smallest absolute Gasteiger partial charge is 0.217 e. The molecule has 6 heteroatoms. The van der Waals surface area contributed by atoms with Gasteiger partial charge in [-0.3, -0.25) is 4.79 Å². The van der Waals surface area contributed by atoms with Gasteiger partial charge in [-0.05, 0) is 49.9 Å². The highest BCUT2D eigenvalue weighted by molar-refractivity contribution is 5.73. The summed E-state index contributed by atoms with van der Waals surface area (Å²) in [4.78, 5) is 13.5. The normalized spacial score (nSPS) is 22.0. The van der Waals surface area contributed by atoms with Crippen molar-refractivity contribution < 1.29 is 19.7 Å². The molecule has 1 saturated heterocycles. The second kappa shape index (κ2) is 9.22. The van der Waals surface area contributed by atoms with Crippen molar-refractivity contribution in [2.24, 2.45) is 0 Å². The molecule has 2 aromatic rings. The van der Waals surface area contributed by atoms with E-state index in [2.05, 4.69) is 10.2 Å². The van der Waals surface area contributed by atoms with E-state index in [-0.39, 0.29) is 17.6 Å². The summed E-state index contributed by atoms with van der Waals surface area (Å²) in [6.45, 7) is 7.69. The van der Waals surface area contributed by atoms with Gasteiger partial charge in [0.15, 0.2) is 0 Å². The van der Waals surface area contributed by atoms with Gasteiger partial charge in [-0.1, -0.05) is 35.9 Å². The first-order valence-electron chi connectivity index (χ1n) is 11.5. The second-order valence-electron chi connectivity index (χ2n) is 9.45. The number of amides is 1. The fraction of sp³-hybridized carbons (Fsp3) is 0.500. The van der Waals surface area contributed by atoms with Crippen LogP contribution < -0.4 is 10.1 Å². The van der Waals surface area contributed by atoms with E-state index in [1.165, 1.54) is 6.92 Å². The number of fused-ring (bicyclic) bond motifs is 1. The number of likely N-dealkylation sites (tertiary alicyclic amines) is 1. The highest BCUT2D eigenvalue weighted by Crippen LogP contribution is 2.44. The van der Waals surface area contributed by atoms with Crippen LogP contribution in [0.2, 0.25) is 0 Å². The molecule has 0 saturated carbocycles. The van der Waals surface area contributed by atoms with E-state index in [1.54, 1.807) is 0 Å². The number of carbonyl (C=O) groups excluding carboxylic acids is 1. The van der Waals surface area contributed by atoms with Crippen molar-refractivity contribution in [3.8, 4) is 5.75 Å². The van der Waals surface area contributed by atoms with Crippen molar-refractivity contribution in [3.63, 3.8) is 0 Å². The van der Waals surface area contributed by atoms with Crippen LogP contribution in [0.4, 0.5) is 0 Å². The maximum absolute atomic E-state index is 11.2. The molecule has 4 rings (SSSR count). The van der Waals surface area contributed by atoms with Crippen LogP contribution in [-0.2, 0) is 4.79 Å². The SMILES string of the molecule is CC(=O)N[C@H](C)c1ccc([C@@H](O)CN2CCC3(CC2)C[C@H](O)c2cc(C)ccc2O3)cc1. The summed E-state index contributed by atoms with van der Waals surface area (Å²) >= 11 is 0. The predicted molar refractivity (Wildman–Crippen MR) is 123 cm³/mol. The van der Waals surface area contributed by atoms with Gasteiger partial charge in [0.1, 0.15) is 11.4 Å². The Bertz CT molecular complexity index is 951. The number of rotatable bonds is 5. The van der Waals surface area contributed by atoms with Crippen molar-refractivity contribution in [2.45, 2.75) is 63.9 Å². The van der Waals surface area contributed by atoms with E-state index in [4.69, 9.17) is 4.74 Å². The third kappa shape index (κ3) is 4.98. The Morgan fingerprint density at radius 1 is 1.19 bits per heavy atom. The number of piperidine rings is 1. The van der Waals surface area contributed by atoms with Crippen molar-refractivity contribution in [3.05, 3.63) is 64.7 Å². The molecule has 172 valence electrons. The number of nitrogens with zero attached hydrogens (tertiary/aromatic N) is 1. The highest BCUT2D eigenvalue weighted by atomic mass is 16.5. The van der Waals surface area contributed by atoms with E-state index in [0.29, 0.717) is 13.0 Å². The first kappa shape index (κ1) is 22.8. The topological polar surface area (TPSA) is 82.0 Å². The van der Waals surface area contributed by atoms with Crippen LogP contribution in [0, 0.1) is 6.92 Å². The highest BCUT2D eigenvalue weighted by Gasteiger charge is 2.43. The summed E-state index contributed by atoms with van der Waals surface area (Å²) < 4.78 is 6.41. The molecule has 2 aliphatic heterocycles. The van der Waals surface area contributed by atoms with Crippen molar-refractivity contribution in [1.82, 2.24) is 10.2 Å². The summed E-state index contributed by atoms with van der Waals surface area (Å²) in [7, 11) is 0. The lowest BCUT2D eigenvalue weighted by Crippen LogP contribution is -2.51. The van der Waals surface area contributed by atoms with Crippen LogP contribution in [-0.4, -0.2) is 46.3 Å². The molecule has 2 aromatic carbocycles. The maximum Gasteiger partial charge on any atom is 0.217 e. The fourth-order valence-corrected chi connectivity index (χ4v) is 4.95. The van der Waals surface area contributed by atoms with Crippen LogP contribution in [0.1, 0.15) is 73.6 Å². The molecule has 1 fully saturated rings. The van der Waals surface area contributed by atoms with Crippen LogP contribution in [0.5, 0.6) is 5.75 Å². The number of carbonyl (C=O) groups is 1. The third-order valence-electron chi connectivity index (χ3n) is 6.86. The number of hydrogen-bond acceptors (Lipinski definition) is 5. The van der Waals surface area contributed by atoms with Gasteiger partial charge in [-0.2, -0.15) is 0 Å². The van der Waals surface area contributed by atoms with Gasteiger partial charge in [0, 0.05) is 38.5 Å². The second-order valence-corrected chi connectivity index (χ2v) is 9.45. The summed E-state index contributed by atoms with van der Waals surface area (Å²) in [6.07, 6.45) is 1.22. The van der Waals surface area contributed by atoms with Gasteiger partial charge < -0.3 is 25.2 Å². The number of nitrogens with one attached hydrogen (secondary N) is 1. The molecule has 6 nitrogen and oxygen atoms in total. The standard InChI is InChI=1S/C26H34N2O4/c1-17-4-9-25-22(14-17)23(30)15-26(32-25)10-12-28(13-11-26)16-24(31)21-7-5-20(6-8-21)18(2)27-19(3)29/h4-9,14,18,23-24,30-31H,10-13,15-16H2,1-3H3,(H,27,29)/t18-,23+,24+/m1/s1. The molecule has 0 radical (unpaired) electrons. The van der Waals surface area contributed by atoms with Gasteiger partial charge >= 0.3 is 0 Å². The monoisotopic (exact) mass is 438 g/mol. The van der Waals surface area contributed by atoms with Crippen molar-refractivity contribution >= 4 is 5.91 Å². The summed E-state index contributed by atoms with van der Waals surface area (Å²) in [5, 5.41) is 24.4. The zero-order valence-corrected chi connectivity index (χ0v) is 19.2. The first-order valence-corrected chi connectivity index (χ1v) is 11.5. The van der Waals surface area contributed by atoms with Crippen molar-refractivity contribution in [2.75, 3.05) is 19.6 Å². The molecule has 1 amide bonds. The fourth-order valence-electron chi connectivity index (χ4n) is 4.95. The van der Waals surface area contributed by atoms with Gasteiger partial charge in [0.2, 0.25) is 5.91 Å². The molecule has 1 spiro atoms. The molecule has 0 unspecified atom stereocenters. The average molecular weight is 439 g/mol. The Labute approximate surface area is 190 Å². The van der Waals surface area contributed by atoms with Gasteiger partial charge in [-0.25, -0.2) is 0 Å². The zero-order valence-electron chi connectivity index (χ0n) is 19.2. The quantitative estimate of drug-likeness (QED) is 0.665. The lowest BCUT2D eigenvalue weighted by Gasteiger charge is -2.46. The minimum atomic E-state index is -0.573. The minimum absolute atomic E-state index is 0.0578. The molecule has 2 aliphatic rings. The molecular formula is C26H34N2O4. The maximum atomic E-state index is 11.2. The Morgan fingerprint density at radius 2 is 1.84 bits per heavy atom. The number of ether oxygens (including phenoxy) is 1. The molecule has 3 atom stereocenters. The van der Waals surface area contributed by atoms with Crippen LogP contribution in [0.3, 0.4) is 0 Å². The lowest BCUT2D eigenvalue weighted by atomic mass is 9.81. The molecule has 32 heavy (non-hydrogen) atoms. The van der Waals surface area contributed by atoms with E-state index in [1.807, 2.05) is 56.3 Å². The van der Waals surface area contributed by atoms with E-state index in [9.17, 15) is 15.0 Å². The number of aliphatic hydroxyl groups excluding tert-OH is 2. The lowest BCUT2D eigenvalue weighted by molar-refractivity contribution is -0.119. The van der Waals surface area contributed by atoms with Crippen molar-refractivity contribution in [1.29, 1.82) is 0 Å². The molecule has 0 aliphatic carbocycles. The summed E-state index contributed by atoms with van der Waals surface area (Å²) in [6, 6.07) is 13.7. The van der Waals surface area contributed by atoms with Gasteiger partial charge in [0.05, 0.1) is 18.2 Å². The summed E-state index contributed by atoms with van der Waals surface area (Å²) in [5.41, 5.74) is 3.58. The van der Waals surface area contributed by atoms with Crippen LogP contribution in [0.25, 0.3) is 0 Å². The Balaban J connectivity index is 1.33. The predicted octanol–water partition coefficient (Wildman–Crippen LogP) is 3.58. The largest absolute Gasteiger partial charge is 0.487 e. The first-order chi connectivity index (χ1) is 15.2. The average Bonchev–Trinajstić information content (AvgIpc) is 2.76. The molecule has 3 N–H and O–H groups in total. The number of hydrogen-bond donors (Lipinski definition) is 3. The summed E-state index contributed by atoms with van der Waals surface area (Å²) in [5.74, 6) is 0.744. The molecule has 0 aromatic heterocycles. The third-order valence-corrected chi connectivity index (χ3v) is 6.86. The number of aryl methyl sites for hydroxylation is 1. The van der Waals surface area contributed by atoms with Gasteiger partial charge in [0.25, 0.3) is 0 Å². The van der Waals surface area contributed by atoms with Crippen LogP contribution >= 0.6 is 0 Å². The van der Waals surface area contributed by atoms with E-state index in [0.717, 1.165) is 53.9 Å². The number of benzene rings is 2. The van der Waals surface area contributed by atoms with Crippen LogP contribution in [0.15, 0.2) is 42.5 Å². The molecule has 2 heterocycles. The minimum Gasteiger partial charge on any atom is -0.487 e. The molecular weight excluding hydrogens is 404 g/mol. The van der Waals surface area contributed by atoms with E-state index >= 15 is 0 Å². The Hall–Kier alpha value is -2.41. The number of β-amino-alcohol motifs (C(OH)–C–C–N with tert-alkyl or cyclic N) is 1. The number of aliphatic hydroxyl groups is 2. The van der Waals surface area contributed by atoms with Gasteiger partial charge in [-0.15, -0.1) is 0 Å². The van der Waals surface area contributed by atoms with E-state index < -0.39 is 12.2 Å². The molecule has 0 bridgehead atoms. The zero-order chi connectivity index (χ0) is 22.9. The Morgan fingerprint density at radius 3 is 2.50 bits per heavy atom.